The molecule has 0 bridgehead atoms. The summed E-state index contributed by atoms with van der Waals surface area (Å²) in [4.78, 5) is 2.77. The van der Waals surface area contributed by atoms with Crippen LogP contribution in [0.15, 0.2) is 0 Å². The van der Waals surface area contributed by atoms with E-state index in [1.807, 2.05) is 0 Å². The number of rotatable bonds is 4. The highest BCUT2D eigenvalue weighted by atomic mass is 32.2. The predicted molar refractivity (Wildman–Crippen MR) is 77.8 cm³/mol. The maximum atomic E-state index is 3.75. The predicted octanol–water partition coefficient (Wildman–Crippen LogP) is 2.73. The molecule has 17 heavy (non-hydrogen) atoms. The first-order valence-electron chi connectivity index (χ1n) is 7.27. The van der Waals surface area contributed by atoms with Crippen LogP contribution in [0.2, 0.25) is 0 Å². The Kier molecular flexibility index (Phi) is 4.79. The molecule has 0 aliphatic carbocycles. The van der Waals surface area contributed by atoms with Crippen LogP contribution in [0.4, 0.5) is 0 Å². The van der Waals surface area contributed by atoms with Crippen LogP contribution in [0.5, 0.6) is 0 Å². The highest BCUT2D eigenvalue weighted by Crippen LogP contribution is 2.29. The topological polar surface area (TPSA) is 15.3 Å². The van der Waals surface area contributed by atoms with Gasteiger partial charge in [0.15, 0.2) is 0 Å². The molecule has 3 atom stereocenters. The van der Waals surface area contributed by atoms with Crippen molar-refractivity contribution in [2.75, 3.05) is 25.4 Å². The molecule has 2 rings (SSSR count). The van der Waals surface area contributed by atoms with E-state index in [0.29, 0.717) is 5.54 Å². The van der Waals surface area contributed by atoms with Gasteiger partial charge in [0, 0.05) is 36.5 Å². The number of thioether (sulfide) groups is 1. The van der Waals surface area contributed by atoms with Gasteiger partial charge in [0.2, 0.25) is 0 Å². The Bertz CT molecular complexity index is 240. The molecule has 0 spiro atoms. The van der Waals surface area contributed by atoms with Crippen LogP contribution in [0.25, 0.3) is 0 Å². The van der Waals surface area contributed by atoms with Gasteiger partial charge >= 0.3 is 0 Å². The van der Waals surface area contributed by atoms with Crippen molar-refractivity contribution in [1.82, 2.24) is 10.2 Å². The Morgan fingerprint density at radius 1 is 1.41 bits per heavy atom. The van der Waals surface area contributed by atoms with Gasteiger partial charge in [0.05, 0.1) is 0 Å². The highest BCUT2D eigenvalue weighted by Gasteiger charge is 2.35. The van der Waals surface area contributed by atoms with E-state index >= 15 is 0 Å². The molecule has 0 radical (unpaired) electrons. The Hall–Kier alpha value is 0.270. The molecular formula is C14H28N2S. The summed E-state index contributed by atoms with van der Waals surface area (Å²) in [6, 6.07) is 0.760. The summed E-state index contributed by atoms with van der Waals surface area (Å²) < 4.78 is 0. The summed E-state index contributed by atoms with van der Waals surface area (Å²) in [5, 5.41) is 4.66. The summed E-state index contributed by atoms with van der Waals surface area (Å²) in [6.45, 7) is 10.8. The van der Waals surface area contributed by atoms with E-state index < -0.39 is 0 Å². The van der Waals surface area contributed by atoms with Crippen LogP contribution in [-0.4, -0.2) is 47.1 Å². The first-order valence-corrected chi connectivity index (χ1v) is 8.32. The van der Waals surface area contributed by atoms with Gasteiger partial charge in [-0.2, -0.15) is 11.8 Å². The number of hydrogen-bond donors (Lipinski definition) is 1. The van der Waals surface area contributed by atoms with Crippen molar-refractivity contribution in [2.45, 2.75) is 63.3 Å². The largest absolute Gasteiger partial charge is 0.309 e. The van der Waals surface area contributed by atoms with Gasteiger partial charge in [0.1, 0.15) is 0 Å². The fourth-order valence-corrected chi connectivity index (χ4v) is 4.33. The number of nitrogens with one attached hydrogen (secondary N) is 1. The Morgan fingerprint density at radius 2 is 2.24 bits per heavy atom. The average molecular weight is 256 g/mol. The molecule has 100 valence electrons. The maximum Gasteiger partial charge on any atom is 0.0278 e. The van der Waals surface area contributed by atoms with Crippen molar-refractivity contribution in [2.24, 2.45) is 0 Å². The van der Waals surface area contributed by atoms with Crippen molar-refractivity contribution in [3.63, 3.8) is 0 Å². The summed E-state index contributed by atoms with van der Waals surface area (Å²) in [5.41, 5.74) is 0.342. The molecule has 0 aromatic carbocycles. The second-order valence-electron chi connectivity index (χ2n) is 5.92. The summed E-state index contributed by atoms with van der Waals surface area (Å²) in [7, 11) is 0. The first-order chi connectivity index (χ1) is 8.17. The van der Waals surface area contributed by atoms with E-state index in [2.05, 4.69) is 42.7 Å². The lowest BCUT2D eigenvalue weighted by Crippen LogP contribution is -2.63. The number of nitrogens with zero attached hydrogens (tertiary/aromatic N) is 1. The minimum Gasteiger partial charge on any atom is -0.309 e. The van der Waals surface area contributed by atoms with Crippen LogP contribution in [0.3, 0.4) is 0 Å². The number of piperazine rings is 1. The van der Waals surface area contributed by atoms with Gasteiger partial charge in [-0.15, -0.1) is 0 Å². The SMILES string of the molecule is CCC1CNC(C)(CC)CN1CC1CCCS1. The molecule has 2 nitrogen and oxygen atoms in total. The highest BCUT2D eigenvalue weighted by molar-refractivity contribution is 8.00. The first kappa shape index (κ1) is 13.7. The van der Waals surface area contributed by atoms with E-state index in [9.17, 15) is 0 Å². The Morgan fingerprint density at radius 3 is 2.82 bits per heavy atom. The second kappa shape index (κ2) is 5.94. The lowest BCUT2D eigenvalue weighted by atomic mass is 9.92. The smallest absolute Gasteiger partial charge is 0.0278 e. The second-order valence-corrected chi connectivity index (χ2v) is 7.33. The van der Waals surface area contributed by atoms with E-state index in [-0.39, 0.29) is 0 Å². The molecule has 0 saturated carbocycles. The van der Waals surface area contributed by atoms with Gasteiger partial charge < -0.3 is 5.32 Å². The lowest BCUT2D eigenvalue weighted by Gasteiger charge is -2.46. The normalized spacial score (nSPS) is 39.7. The lowest BCUT2D eigenvalue weighted by molar-refractivity contribution is 0.0824. The fraction of sp³-hybridized carbons (Fsp3) is 1.00. The fourth-order valence-electron chi connectivity index (χ4n) is 3.03. The summed E-state index contributed by atoms with van der Waals surface area (Å²) in [6.07, 6.45) is 5.39. The van der Waals surface area contributed by atoms with Gasteiger partial charge in [-0.1, -0.05) is 13.8 Å². The molecule has 0 aromatic rings. The van der Waals surface area contributed by atoms with Gasteiger partial charge in [0.25, 0.3) is 0 Å². The molecule has 2 aliphatic heterocycles. The third-order valence-corrected chi connectivity index (χ3v) is 5.93. The third kappa shape index (κ3) is 3.39. The van der Waals surface area contributed by atoms with Crippen molar-refractivity contribution in [3.8, 4) is 0 Å². The molecule has 2 aliphatic rings. The quantitative estimate of drug-likeness (QED) is 0.832. The zero-order valence-corrected chi connectivity index (χ0v) is 12.5. The zero-order chi connectivity index (χ0) is 12.3. The minimum atomic E-state index is 0.342. The molecule has 2 saturated heterocycles. The van der Waals surface area contributed by atoms with Crippen LogP contribution in [0, 0.1) is 0 Å². The molecule has 3 unspecified atom stereocenters. The van der Waals surface area contributed by atoms with Crippen LogP contribution >= 0.6 is 11.8 Å². The van der Waals surface area contributed by atoms with E-state index in [1.165, 1.54) is 51.1 Å². The Balaban J connectivity index is 1.94. The summed E-state index contributed by atoms with van der Waals surface area (Å²) >= 11 is 2.19. The molecule has 2 fully saturated rings. The van der Waals surface area contributed by atoms with E-state index in [0.717, 1.165) is 11.3 Å². The third-order valence-electron chi connectivity index (χ3n) is 4.55. The van der Waals surface area contributed by atoms with Crippen molar-refractivity contribution in [1.29, 1.82) is 0 Å². The Labute approximate surface area is 111 Å². The average Bonchev–Trinajstić information content (AvgIpc) is 2.82. The molecule has 3 heteroatoms. The van der Waals surface area contributed by atoms with Crippen molar-refractivity contribution < 1.29 is 0 Å². The van der Waals surface area contributed by atoms with Gasteiger partial charge in [-0.25, -0.2) is 0 Å². The molecule has 0 amide bonds. The molecular weight excluding hydrogens is 228 g/mol. The molecule has 2 heterocycles. The van der Waals surface area contributed by atoms with Crippen LogP contribution in [0.1, 0.15) is 46.5 Å². The maximum absolute atomic E-state index is 3.75. The zero-order valence-electron chi connectivity index (χ0n) is 11.7. The van der Waals surface area contributed by atoms with Gasteiger partial charge in [-0.05, 0) is 38.4 Å². The van der Waals surface area contributed by atoms with Gasteiger partial charge in [-0.3, -0.25) is 4.90 Å². The molecule has 0 aromatic heterocycles. The summed E-state index contributed by atoms with van der Waals surface area (Å²) in [5.74, 6) is 1.39. The number of hydrogen-bond acceptors (Lipinski definition) is 3. The van der Waals surface area contributed by atoms with Crippen LogP contribution in [-0.2, 0) is 0 Å². The van der Waals surface area contributed by atoms with E-state index in [4.69, 9.17) is 0 Å². The van der Waals surface area contributed by atoms with Crippen LogP contribution < -0.4 is 5.32 Å². The molecule has 1 N–H and O–H groups in total. The standard InChI is InChI=1S/C14H28N2S/c1-4-12-9-15-14(3,5-2)11-16(12)10-13-7-6-8-17-13/h12-13,15H,4-11H2,1-3H3. The van der Waals surface area contributed by atoms with Crippen molar-refractivity contribution in [3.05, 3.63) is 0 Å². The van der Waals surface area contributed by atoms with E-state index in [1.54, 1.807) is 0 Å². The monoisotopic (exact) mass is 256 g/mol. The minimum absolute atomic E-state index is 0.342. The van der Waals surface area contributed by atoms with Crippen molar-refractivity contribution >= 4 is 11.8 Å².